The molecule has 0 aromatic rings. The van der Waals surface area contributed by atoms with Crippen LogP contribution >= 0.6 is 15.9 Å². The number of ether oxygens (including phenoxy) is 1. The minimum atomic E-state index is -0.375. The Morgan fingerprint density at radius 1 is 1.29 bits per heavy atom. The van der Waals surface area contributed by atoms with Gasteiger partial charge in [0.05, 0.1) is 12.0 Å². The van der Waals surface area contributed by atoms with Crippen molar-refractivity contribution in [1.82, 2.24) is 5.32 Å². The summed E-state index contributed by atoms with van der Waals surface area (Å²) >= 11 is 3.87. The maximum atomic E-state index is 12.6. The highest BCUT2D eigenvalue weighted by Gasteiger charge is 2.60. The number of rotatable bonds is 4. The summed E-state index contributed by atoms with van der Waals surface area (Å²) in [5.74, 6) is 3.03. The predicted octanol–water partition coefficient (Wildman–Crippen LogP) is 2.01. The van der Waals surface area contributed by atoms with E-state index in [-0.39, 0.29) is 34.8 Å². The Morgan fingerprint density at radius 3 is 2.52 bits per heavy atom. The first-order valence-electron chi connectivity index (χ1n) is 7.51. The molecule has 0 radical (unpaired) electrons. The van der Waals surface area contributed by atoms with Crippen molar-refractivity contribution in [2.45, 2.75) is 42.8 Å². The summed E-state index contributed by atoms with van der Waals surface area (Å²) in [6, 6.07) is 0. The summed E-state index contributed by atoms with van der Waals surface area (Å²) in [7, 11) is 0. The van der Waals surface area contributed by atoms with Crippen LogP contribution in [0.3, 0.4) is 0 Å². The lowest BCUT2D eigenvalue weighted by atomic mass is 9.49. The number of alkyl halides is 1. The first kappa shape index (κ1) is 14.9. The number of hydrogen-bond acceptors (Lipinski definition) is 3. The Hall–Kier alpha value is -1.02. The summed E-state index contributed by atoms with van der Waals surface area (Å²) in [6.07, 6.45) is 11.3. The third kappa shape index (κ3) is 2.83. The first-order valence-corrected chi connectivity index (χ1v) is 8.30. The lowest BCUT2D eigenvalue weighted by Gasteiger charge is -2.58. The van der Waals surface area contributed by atoms with Crippen molar-refractivity contribution in [2.75, 3.05) is 13.2 Å². The average Bonchev–Trinajstić information content (AvgIpc) is 2.39. The monoisotopic (exact) mass is 353 g/mol. The molecule has 0 aromatic carbocycles. The van der Waals surface area contributed by atoms with Crippen LogP contribution in [0.4, 0.5) is 0 Å². The second kappa shape index (κ2) is 5.31. The van der Waals surface area contributed by atoms with E-state index < -0.39 is 0 Å². The Kier molecular flexibility index (Phi) is 3.77. The van der Waals surface area contributed by atoms with Crippen LogP contribution in [0.5, 0.6) is 0 Å². The molecule has 0 saturated heterocycles. The number of halogens is 1. The fourth-order valence-electron chi connectivity index (χ4n) is 4.87. The number of carbonyl (C=O) groups is 2. The molecule has 4 fully saturated rings. The van der Waals surface area contributed by atoms with Gasteiger partial charge < -0.3 is 10.1 Å². The van der Waals surface area contributed by atoms with Crippen LogP contribution in [0.25, 0.3) is 0 Å². The Labute approximate surface area is 133 Å². The number of terminal acetylenes is 1. The van der Waals surface area contributed by atoms with Crippen molar-refractivity contribution in [1.29, 1.82) is 0 Å². The third-order valence-corrected chi connectivity index (χ3v) is 6.07. The summed E-state index contributed by atoms with van der Waals surface area (Å²) in [5.41, 5.74) is -0.375. The molecule has 5 heteroatoms. The van der Waals surface area contributed by atoms with Crippen molar-refractivity contribution in [2.24, 2.45) is 17.3 Å². The molecule has 114 valence electrons. The van der Waals surface area contributed by atoms with Crippen LogP contribution in [-0.2, 0) is 14.3 Å². The van der Waals surface area contributed by atoms with E-state index in [1.54, 1.807) is 0 Å². The van der Waals surface area contributed by atoms with E-state index in [0.29, 0.717) is 11.8 Å². The van der Waals surface area contributed by atoms with Crippen molar-refractivity contribution >= 4 is 27.8 Å². The van der Waals surface area contributed by atoms with Crippen LogP contribution in [-0.4, -0.2) is 29.4 Å². The standard InChI is InChI=1S/C16H20BrNO3/c1-2-3-18-13(19)9-21-14(20)15-5-11-4-12(6-15)8-16(17,7-11)10-15/h1,11-12H,3-10H2,(H,18,19)/t11-,12+,15?,16?. The fourth-order valence-corrected chi connectivity index (χ4v) is 6.33. The van der Waals surface area contributed by atoms with Gasteiger partial charge in [-0.15, -0.1) is 6.42 Å². The zero-order valence-electron chi connectivity index (χ0n) is 12.0. The van der Waals surface area contributed by atoms with Gasteiger partial charge in [-0.05, 0) is 50.4 Å². The molecule has 1 N–H and O–H groups in total. The molecule has 4 atom stereocenters. The first-order chi connectivity index (χ1) is 9.95. The van der Waals surface area contributed by atoms with Gasteiger partial charge in [-0.25, -0.2) is 0 Å². The molecule has 4 bridgehead atoms. The number of amides is 1. The summed E-state index contributed by atoms with van der Waals surface area (Å²) in [4.78, 5) is 24.1. The molecule has 0 spiro atoms. The molecular formula is C16H20BrNO3. The highest BCUT2D eigenvalue weighted by atomic mass is 79.9. The lowest BCUT2D eigenvalue weighted by Crippen LogP contribution is -2.56. The van der Waals surface area contributed by atoms with E-state index in [1.165, 1.54) is 19.3 Å². The van der Waals surface area contributed by atoms with Gasteiger partial charge >= 0.3 is 5.97 Å². The molecule has 4 aliphatic rings. The molecule has 2 unspecified atom stereocenters. The molecule has 0 heterocycles. The number of esters is 1. The van der Waals surface area contributed by atoms with E-state index in [9.17, 15) is 9.59 Å². The van der Waals surface area contributed by atoms with Crippen molar-refractivity contribution in [3.8, 4) is 12.3 Å². The molecule has 4 saturated carbocycles. The Morgan fingerprint density at radius 2 is 1.95 bits per heavy atom. The maximum absolute atomic E-state index is 12.6. The molecule has 0 aromatic heterocycles. The minimum Gasteiger partial charge on any atom is -0.455 e. The summed E-state index contributed by atoms with van der Waals surface area (Å²) in [6.45, 7) is -0.0664. The second-order valence-corrected chi connectivity index (χ2v) is 8.63. The molecule has 4 rings (SSSR count). The predicted molar refractivity (Wildman–Crippen MR) is 81.6 cm³/mol. The maximum Gasteiger partial charge on any atom is 0.312 e. The summed E-state index contributed by atoms with van der Waals surface area (Å²) < 4.78 is 5.40. The highest BCUT2D eigenvalue weighted by molar-refractivity contribution is 9.10. The molecule has 21 heavy (non-hydrogen) atoms. The SMILES string of the molecule is C#CCNC(=O)COC(=O)C12C[C@@H]3C[C@@H](CC(Br)(C3)C1)C2. The fraction of sp³-hybridized carbons (Fsp3) is 0.750. The van der Waals surface area contributed by atoms with Crippen molar-refractivity contribution in [3.05, 3.63) is 0 Å². The highest BCUT2D eigenvalue weighted by Crippen LogP contribution is 2.64. The number of hydrogen-bond donors (Lipinski definition) is 1. The van der Waals surface area contributed by atoms with Crippen LogP contribution < -0.4 is 5.32 Å². The third-order valence-electron chi connectivity index (χ3n) is 5.14. The van der Waals surface area contributed by atoms with Crippen LogP contribution in [0, 0.1) is 29.6 Å². The topological polar surface area (TPSA) is 55.4 Å². The Balaban J connectivity index is 1.62. The van der Waals surface area contributed by atoms with E-state index in [2.05, 4.69) is 27.2 Å². The minimum absolute atomic E-state index is 0.113. The van der Waals surface area contributed by atoms with Gasteiger partial charge in [0, 0.05) is 4.32 Å². The Bertz CT molecular complexity index is 496. The quantitative estimate of drug-likeness (QED) is 0.477. The van der Waals surface area contributed by atoms with Gasteiger partial charge in [-0.3, -0.25) is 9.59 Å². The normalized spacial score (nSPS) is 39.6. The molecular weight excluding hydrogens is 334 g/mol. The second-order valence-electron chi connectivity index (χ2n) is 6.95. The smallest absolute Gasteiger partial charge is 0.312 e. The zero-order valence-corrected chi connectivity index (χ0v) is 13.6. The van der Waals surface area contributed by atoms with E-state index in [1.807, 2.05) is 0 Å². The van der Waals surface area contributed by atoms with E-state index >= 15 is 0 Å². The molecule has 1 amide bonds. The van der Waals surface area contributed by atoms with E-state index in [0.717, 1.165) is 19.3 Å². The van der Waals surface area contributed by atoms with Crippen molar-refractivity contribution < 1.29 is 14.3 Å². The van der Waals surface area contributed by atoms with E-state index in [4.69, 9.17) is 11.2 Å². The largest absolute Gasteiger partial charge is 0.455 e. The zero-order chi connectivity index (χ0) is 15.1. The van der Waals surface area contributed by atoms with Gasteiger partial charge in [0.25, 0.3) is 5.91 Å². The van der Waals surface area contributed by atoms with Gasteiger partial charge in [-0.2, -0.15) is 0 Å². The molecule has 0 aliphatic heterocycles. The molecule has 4 nitrogen and oxygen atoms in total. The van der Waals surface area contributed by atoms with Crippen LogP contribution in [0.15, 0.2) is 0 Å². The van der Waals surface area contributed by atoms with Crippen LogP contribution in [0.2, 0.25) is 0 Å². The number of nitrogens with one attached hydrogen (secondary N) is 1. The van der Waals surface area contributed by atoms with Gasteiger partial charge in [0.1, 0.15) is 0 Å². The van der Waals surface area contributed by atoms with Crippen molar-refractivity contribution in [3.63, 3.8) is 0 Å². The van der Waals surface area contributed by atoms with Crippen LogP contribution in [0.1, 0.15) is 38.5 Å². The van der Waals surface area contributed by atoms with Gasteiger partial charge in [0.2, 0.25) is 0 Å². The summed E-state index contributed by atoms with van der Waals surface area (Å²) in [5, 5.41) is 2.51. The van der Waals surface area contributed by atoms with Gasteiger partial charge in [-0.1, -0.05) is 21.9 Å². The van der Waals surface area contributed by atoms with Gasteiger partial charge in [0.15, 0.2) is 6.61 Å². The molecule has 4 aliphatic carbocycles. The number of carbonyl (C=O) groups excluding carboxylic acids is 2. The lowest BCUT2D eigenvalue weighted by molar-refractivity contribution is -0.171. The average molecular weight is 354 g/mol.